The van der Waals surface area contributed by atoms with Crippen LogP contribution in [-0.4, -0.2) is 23.8 Å². The molecule has 0 saturated carbocycles. The monoisotopic (exact) mass is 353 g/mol. The molecule has 6 heteroatoms. The molecule has 0 bridgehead atoms. The fourth-order valence-electron chi connectivity index (χ4n) is 2.84. The molecular weight excluding hydrogens is 334 g/mol. The van der Waals surface area contributed by atoms with Crippen LogP contribution in [0.4, 0.5) is 5.69 Å². The first-order chi connectivity index (χ1) is 12.2. The molecule has 3 rings (SSSR count). The quantitative estimate of drug-likeness (QED) is 0.832. The molecule has 2 aromatic rings. The minimum Gasteiger partial charge on any atom is -0.497 e. The average Bonchev–Trinajstić information content (AvgIpc) is 2.65. The van der Waals surface area contributed by atoms with Gasteiger partial charge in [0.2, 0.25) is 5.91 Å². The molecule has 1 aliphatic rings. The SMILES string of the molecule is COc1cccc(NC(=O)CSc2nc3c(cc2C#N)CCCC3)c1. The van der Waals surface area contributed by atoms with E-state index in [2.05, 4.69) is 16.4 Å². The molecule has 25 heavy (non-hydrogen) atoms. The smallest absolute Gasteiger partial charge is 0.234 e. The number of benzene rings is 1. The van der Waals surface area contributed by atoms with Gasteiger partial charge in [-0.2, -0.15) is 5.26 Å². The lowest BCUT2D eigenvalue weighted by molar-refractivity contribution is -0.113. The first-order valence-corrected chi connectivity index (χ1v) is 9.18. The van der Waals surface area contributed by atoms with Gasteiger partial charge >= 0.3 is 0 Å². The summed E-state index contributed by atoms with van der Waals surface area (Å²) in [5, 5.41) is 12.8. The third-order valence-electron chi connectivity index (χ3n) is 4.08. The maximum atomic E-state index is 12.2. The van der Waals surface area contributed by atoms with Gasteiger partial charge < -0.3 is 10.1 Å². The second-order valence-corrected chi connectivity index (χ2v) is 6.80. The van der Waals surface area contributed by atoms with Crippen molar-refractivity contribution in [2.24, 2.45) is 0 Å². The molecule has 0 atom stereocenters. The van der Waals surface area contributed by atoms with Gasteiger partial charge in [0.25, 0.3) is 0 Å². The van der Waals surface area contributed by atoms with Crippen LogP contribution in [0.25, 0.3) is 0 Å². The van der Waals surface area contributed by atoms with Crippen LogP contribution in [0.15, 0.2) is 35.4 Å². The number of aryl methyl sites for hydroxylation is 2. The number of rotatable bonds is 5. The predicted octanol–water partition coefficient (Wildman–Crippen LogP) is 3.57. The number of hydrogen-bond donors (Lipinski definition) is 1. The molecule has 0 spiro atoms. The summed E-state index contributed by atoms with van der Waals surface area (Å²) in [4.78, 5) is 16.8. The number of hydrogen-bond acceptors (Lipinski definition) is 5. The number of anilines is 1. The third kappa shape index (κ3) is 4.31. The first-order valence-electron chi connectivity index (χ1n) is 8.19. The Hall–Kier alpha value is -2.52. The molecule has 0 saturated heterocycles. The fraction of sp³-hybridized carbons (Fsp3) is 0.316. The van der Waals surface area contributed by atoms with Crippen molar-refractivity contribution in [3.63, 3.8) is 0 Å². The highest BCUT2D eigenvalue weighted by Gasteiger charge is 2.16. The van der Waals surface area contributed by atoms with Gasteiger partial charge in [0.15, 0.2) is 0 Å². The van der Waals surface area contributed by atoms with E-state index < -0.39 is 0 Å². The van der Waals surface area contributed by atoms with Crippen LogP contribution in [0.1, 0.15) is 29.7 Å². The molecule has 128 valence electrons. The molecule has 0 radical (unpaired) electrons. The van der Waals surface area contributed by atoms with Crippen molar-refractivity contribution in [1.29, 1.82) is 5.26 Å². The summed E-state index contributed by atoms with van der Waals surface area (Å²) in [6.45, 7) is 0. The van der Waals surface area contributed by atoms with Crippen molar-refractivity contribution >= 4 is 23.4 Å². The molecule has 0 unspecified atom stereocenters. The molecule has 0 aliphatic heterocycles. The topological polar surface area (TPSA) is 75.0 Å². The van der Waals surface area contributed by atoms with E-state index in [0.29, 0.717) is 22.0 Å². The molecule has 0 fully saturated rings. The molecule has 1 N–H and O–H groups in total. The molecule has 1 aliphatic carbocycles. The van der Waals surface area contributed by atoms with Crippen LogP contribution in [0.2, 0.25) is 0 Å². The van der Waals surface area contributed by atoms with Crippen molar-refractivity contribution < 1.29 is 9.53 Å². The number of nitriles is 1. The minimum atomic E-state index is -0.137. The molecule has 1 amide bonds. The standard InChI is InChI=1S/C19H19N3O2S/c1-24-16-7-4-6-15(10-16)21-18(23)12-25-19-14(11-20)9-13-5-2-3-8-17(13)22-19/h4,6-7,9-10H,2-3,5,8,12H2,1H3,(H,21,23). The molecule has 5 nitrogen and oxygen atoms in total. The van der Waals surface area contributed by atoms with Crippen molar-refractivity contribution in [1.82, 2.24) is 4.98 Å². The second kappa shape index (κ2) is 8.04. The minimum absolute atomic E-state index is 0.137. The number of fused-ring (bicyclic) bond motifs is 1. The van der Waals surface area contributed by atoms with Crippen molar-refractivity contribution in [2.45, 2.75) is 30.7 Å². The molecule has 1 aromatic carbocycles. The van der Waals surface area contributed by atoms with Crippen LogP contribution in [0.5, 0.6) is 5.75 Å². The molecule has 1 heterocycles. The average molecular weight is 353 g/mol. The van der Waals surface area contributed by atoms with Crippen LogP contribution >= 0.6 is 11.8 Å². The Labute approximate surface area is 151 Å². The third-order valence-corrected chi connectivity index (χ3v) is 5.07. The normalized spacial score (nSPS) is 12.8. The van der Waals surface area contributed by atoms with Crippen molar-refractivity contribution in [2.75, 3.05) is 18.2 Å². The van der Waals surface area contributed by atoms with E-state index >= 15 is 0 Å². The first kappa shape index (κ1) is 17.3. The van der Waals surface area contributed by atoms with E-state index in [1.165, 1.54) is 17.3 Å². The number of carbonyl (C=O) groups is 1. The number of nitrogens with zero attached hydrogens (tertiary/aromatic N) is 2. The Morgan fingerprint density at radius 1 is 1.36 bits per heavy atom. The lowest BCUT2D eigenvalue weighted by atomic mass is 9.95. The zero-order chi connectivity index (χ0) is 17.6. The van der Waals surface area contributed by atoms with Crippen LogP contribution in [0, 0.1) is 11.3 Å². The Morgan fingerprint density at radius 3 is 3.00 bits per heavy atom. The Morgan fingerprint density at radius 2 is 2.20 bits per heavy atom. The zero-order valence-electron chi connectivity index (χ0n) is 14.0. The van der Waals surface area contributed by atoms with E-state index in [0.717, 1.165) is 31.4 Å². The number of nitrogens with one attached hydrogen (secondary N) is 1. The highest BCUT2D eigenvalue weighted by Crippen LogP contribution is 2.27. The Kier molecular flexibility index (Phi) is 5.56. The summed E-state index contributed by atoms with van der Waals surface area (Å²) in [6, 6.07) is 11.3. The van der Waals surface area contributed by atoms with Crippen LogP contribution < -0.4 is 10.1 Å². The lowest BCUT2D eigenvalue weighted by Crippen LogP contribution is -2.14. The van der Waals surface area contributed by atoms with Gasteiger partial charge in [0.1, 0.15) is 16.8 Å². The molecular formula is C19H19N3O2S. The number of thioether (sulfide) groups is 1. The number of carbonyl (C=O) groups excluding carboxylic acids is 1. The van der Waals surface area contributed by atoms with Gasteiger partial charge in [-0.3, -0.25) is 4.79 Å². The Bertz CT molecular complexity index is 830. The lowest BCUT2D eigenvalue weighted by Gasteiger charge is -2.16. The van der Waals surface area contributed by atoms with Crippen molar-refractivity contribution in [3.8, 4) is 11.8 Å². The van der Waals surface area contributed by atoms with Gasteiger partial charge in [0, 0.05) is 17.4 Å². The summed E-state index contributed by atoms with van der Waals surface area (Å²) in [5.41, 5.74) is 3.48. The van der Waals surface area contributed by atoms with Gasteiger partial charge in [-0.05, 0) is 49.4 Å². The van der Waals surface area contributed by atoms with Crippen LogP contribution in [0.3, 0.4) is 0 Å². The summed E-state index contributed by atoms with van der Waals surface area (Å²) in [5.74, 6) is 0.757. The van der Waals surface area contributed by atoms with Crippen LogP contribution in [-0.2, 0) is 17.6 Å². The summed E-state index contributed by atoms with van der Waals surface area (Å²) < 4.78 is 5.15. The summed E-state index contributed by atoms with van der Waals surface area (Å²) in [7, 11) is 1.59. The van der Waals surface area contributed by atoms with Gasteiger partial charge in [-0.25, -0.2) is 4.98 Å². The van der Waals surface area contributed by atoms with E-state index in [-0.39, 0.29) is 11.7 Å². The second-order valence-electron chi connectivity index (χ2n) is 5.83. The van der Waals surface area contributed by atoms with E-state index in [1.54, 1.807) is 13.2 Å². The maximum Gasteiger partial charge on any atom is 0.234 e. The number of methoxy groups -OCH3 is 1. The highest BCUT2D eigenvalue weighted by molar-refractivity contribution is 8.00. The van der Waals surface area contributed by atoms with E-state index in [1.807, 2.05) is 24.3 Å². The highest BCUT2D eigenvalue weighted by atomic mass is 32.2. The van der Waals surface area contributed by atoms with Gasteiger partial charge in [0.05, 0.1) is 18.4 Å². The Balaban J connectivity index is 1.66. The number of ether oxygens (including phenoxy) is 1. The largest absolute Gasteiger partial charge is 0.497 e. The number of pyridine rings is 1. The number of amides is 1. The summed E-state index contributed by atoms with van der Waals surface area (Å²) in [6.07, 6.45) is 4.21. The predicted molar refractivity (Wildman–Crippen MR) is 97.9 cm³/mol. The van der Waals surface area contributed by atoms with E-state index in [9.17, 15) is 10.1 Å². The van der Waals surface area contributed by atoms with E-state index in [4.69, 9.17) is 4.74 Å². The van der Waals surface area contributed by atoms with Gasteiger partial charge in [-0.1, -0.05) is 17.8 Å². The van der Waals surface area contributed by atoms with Gasteiger partial charge in [-0.15, -0.1) is 0 Å². The maximum absolute atomic E-state index is 12.2. The van der Waals surface area contributed by atoms with Crippen molar-refractivity contribution in [3.05, 3.63) is 47.2 Å². The number of aromatic nitrogens is 1. The summed E-state index contributed by atoms with van der Waals surface area (Å²) >= 11 is 1.30. The fourth-order valence-corrected chi connectivity index (χ4v) is 3.61. The molecule has 1 aromatic heterocycles. The zero-order valence-corrected chi connectivity index (χ0v) is 14.9.